The van der Waals surface area contributed by atoms with E-state index in [2.05, 4.69) is 13.8 Å². The largest absolute Gasteiger partial charge is 0.353 e. The lowest BCUT2D eigenvalue weighted by Crippen LogP contribution is -2.33. The summed E-state index contributed by atoms with van der Waals surface area (Å²) in [4.78, 5) is 0. The molecule has 0 aliphatic rings. The first-order valence-corrected chi connectivity index (χ1v) is 4.35. The quantitative estimate of drug-likeness (QED) is 0.556. The van der Waals surface area contributed by atoms with E-state index >= 15 is 0 Å². The number of methoxy groups -OCH3 is 2. The van der Waals surface area contributed by atoms with E-state index in [4.69, 9.17) is 9.47 Å². The highest BCUT2D eigenvalue weighted by atomic mass is 16.7. The summed E-state index contributed by atoms with van der Waals surface area (Å²) in [6.07, 6.45) is 4.16. The first-order valence-electron chi connectivity index (χ1n) is 4.35. The molecule has 0 aliphatic carbocycles. The molecule has 0 saturated heterocycles. The van der Waals surface area contributed by atoms with Crippen molar-refractivity contribution in [2.75, 3.05) is 14.2 Å². The standard InChI is InChI=1S/C9H20O2/c1-5-7-9(10-3,11-4)8-6-2/h5-8H2,1-4H3. The maximum absolute atomic E-state index is 5.35. The number of hydrogen-bond donors (Lipinski definition) is 0. The van der Waals surface area contributed by atoms with Gasteiger partial charge in [0.15, 0.2) is 5.79 Å². The molecule has 0 saturated carbocycles. The summed E-state index contributed by atoms with van der Waals surface area (Å²) in [5.41, 5.74) is 0. The Bertz CT molecular complexity index is 79.6. The molecule has 0 aliphatic heterocycles. The van der Waals surface area contributed by atoms with Crippen LogP contribution in [0.1, 0.15) is 39.5 Å². The Morgan fingerprint density at radius 2 is 1.27 bits per heavy atom. The summed E-state index contributed by atoms with van der Waals surface area (Å²) in [6, 6.07) is 0. The zero-order valence-electron chi connectivity index (χ0n) is 8.14. The predicted molar refractivity (Wildman–Crippen MR) is 46.6 cm³/mol. The zero-order valence-corrected chi connectivity index (χ0v) is 8.14. The van der Waals surface area contributed by atoms with Crippen LogP contribution in [0.4, 0.5) is 0 Å². The van der Waals surface area contributed by atoms with Crippen molar-refractivity contribution in [2.45, 2.75) is 45.3 Å². The molecular formula is C9H20O2. The minimum Gasteiger partial charge on any atom is -0.353 e. The Labute approximate surface area is 69.9 Å². The van der Waals surface area contributed by atoms with E-state index in [0.717, 1.165) is 25.7 Å². The lowest BCUT2D eigenvalue weighted by atomic mass is 10.1. The highest BCUT2D eigenvalue weighted by Crippen LogP contribution is 2.23. The van der Waals surface area contributed by atoms with Crippen LogP contribution in [0.2, 0.25) is 0 Å². The fourth-order valence-corrected chi connectivity index (χ4v) is 1.38. The van der Waals surface area contributed by atoms with Gasteiger partial charge in [0.25, 0.3) is 0 Å². The van der Waals surface area contributed by atoms with Gasteiger partial charge in [-0.2, -0.15) is 0 Å². The van der Waals surface area contributed by atoms with Crippen molar-refractivity contribution in [1.82, 2.24) is 0 Å². The normalized spacial score (nSPS) is 12.0. The minimum absolute atomic E-state index is 0.316. The van der Waals surface area contributed by atoms with E-state index in [1.165, 1.54) is 0 Å². The highest BCUT2D eigenvalue weighted by Gasteiger charge is 2.26. The maximum Gasteiger partial charge on any atom is 0.167 e. The van der Waals surface area contributed by atoms with Gasteiger partial charge in [-0.1, -0.05) is 26.7 Å². The molecule has 0 aromatic carbocycles. The molecule has 11 heavy (non-hydrogen) atoms. The second-order valence-electron chi connectivity index (χ2n) is 2.82. The van der Waals surface area contributed by atoms with Crippen LogP contribution in [-0.4, -0.2) is 20.0 Å². The number of ether oxygens (including phenoxy) is 2. The van der Waals surface area contributed by atoms with Gasteiger partial charge in [0.1, 0.15) is 0 Å². The topological polar surface area (TPSA) is 18.5 Å². The molecule has 0 aromatic heterocycles. The first-order chi connectivity index (χ1) is 5.24. The van der Waals surface area contributed by atoms with Crippen LogP contribution >= 0.6 is 0 Å². The summed E-state index contributed by atoms with van der Waals surface area (Å²) in [6.45, 7) is 4.28. The van der Waals surface area contributed by atoms with Gasteiger partial charge in [-0.25, -0.2) is 0 Å². The molecule has 0 N–H and O–H groups in total. The van der Waals surface area contributed by atoms with Crippen molar-refractivity contribution in [2.24, 2.45) is 0 Å². The molecule has 0 bridgehead atoms. The lowest BCUT2D eigenvalue weighted by molar-refractivity contribution is -0.215. The van der Waals surface area contributed by atoms with Crippen LogP contribution in [0.15, 0.2) is 0 Å². The van der Waals surface area contributed by atoms with Crippen LogP contribution in [-0.2, 0) is 9.47 Å². The van der Waals surface area contributed by atoms with Gasteiger partial charge in [0, 0.05) is 27.1 Å². The minimum atomic E-state index is -0.316. The third kappa shape index (κ3) is 3.21. The summed E-state index contributed by atoms with van der Waals surface area (Å²) in [5.74, 6) is -0.316. The Kier molecular flexibility index (Phi) is 5.51. The molecule has 0 atom stereocenters. The highest BCUT2D eigenvalue weighted by molar-refractivity contribution is 4.67. The molecular weight excluding hydrogens is 140 g/mol. The van der Waals surface area contributed by atoms with E-state index in [0.29, 0.717) is 0 Å². The van der Waals surface area contributed by atoms with E-state index in [1.54, 1.807) is 14.2 Å². The second kappa shape index (κ2) is 5.56. The van der Waals surface area contributed by atoms with Crippen molar-refractivity contribution >= 4 is 0 Å². The summed E-state index contributed by atoms with van der Waals surface area (Å²) < 4.78 is 10.7. The van der Waals surface area contributed by atoms with Crippen LogP contribution < -0.4 is 0 Å². The van der Waals surface area contributed by atoms with Crippen LogP contribution in [0.5, 0.6) is 0 Å². The molecule has 68 valence electrons. The maximum atomic E-state index is 5.35. The fraction of sp³-hybridized carbons (Fsp3) is 1.00. The molecule has 0 unspecified atom stereocenters. The van der Waals surface area contributed by atoms with Crippen molar-refractivity contribution in [1.29, 1.82) is 0 Å². The van der Waals surface area contributed by atoms with Gasteiger partial charge >= 0.3 is 0 Å². The van der Waals surface area contributed by atoms with E-state index in [9.17, 15) is 0 Å². The average Bonchev–Trinajstić information content (AvgIpc) is 2.04. The summed E-state index contributed by atoms with van der Waals surface area (Å²) >= 11 is 0. The molecule has 2 heteroatoms. The Morgan fingerprint density at radius 1 is 0.909 bits per heavy atom. The molecule has 0 aromatic rings. The molecule has 0 amide bonds. The second-order valence-corrected chi connectivity index (χ2v) is 2.82. The molecule has 0 radical (unpaired) electrons. The van der Waals surface area contributed by atoms with Gasteiger partial charge in [-0.05, 0) is 0 Å². The smallest absolute Gasteiger partial charge is 0.167 e. The van der Waals surface area contributed by atoms with Crippen molar-refractivity contribution in [3.8, 4) is 0 Å². The first kappa shape index (κ1) is 10.9. The molecule has 0 fully saturated rings. The van der Waals surface area contributed by atoms with Gasteiger partial charge in [-0.15, -0.1) is 0 Å². The van der Waals surface area contributed by atoms with Gasteiger partial charge in [-0.3, -0.25) is 0 Å². The zero-order chi connectivity index (χ0) is 8.74. The van der Waals surface area contributed by atoms with Crippen LogP contribution in [0.25, 0.3) is 0 Å². The predicted octanol–water partition coefficient (Wildman–Crippen LogP) is 2.58. The van der Waals surface area contributed by atoms with Crippen LogP contribution in [0, 0.1) is 0 Å². The van der Waals surface area contributed by atoms with Gasteiger partial charge in [0.05, 0.1) is 0 Å². The summed E-state index contributed by atoms with van der Waals surface area (Å²) in [5, 5.41) is 0. The van der Waals surface area contributed by atoms with Crippen molar-refractivity contribution < 1.29 is 9.47 Å². The third-order valence-corrected chi connectivity index (χ3v) is 2.01. The monoisotopic (exact) mass is 160 g/mol. The Hall–Kier alpha value is -0.0800. The average molecular weight is 160 g/mol. The van der Waals surface area contributed by atoms with Crippen molar-refractivity contribution in [3.63, 3.8) is 0 Å². The molecule has 0 heterocycles. The molecule has 2 nitrogen and oxygen atoms in total. The van der Waals surface area contributed by atoms with E-state index < -0.39 is 0 Å². The van der Waals surface area contributed by atoms with E-state index in [-0.39, 0.29) is 5.79 Å². The lowest BCUT2D eigenvalue weighted by Gasteiger charge is -2.30. The Morgan fingerprint density at radius 3 is 1.45 bits per heavy atom. The fourth-order valence-electron chi connectivity index (χ4n) is 1.38. The van der Waals surface area contributed by atoms with Gasteiger partial charge in [0.2, 0.25) is 0 Å². The number of rotatable bonds is 6. The third-order valence-electron chi connectivity index (χ3n) is 2.01. The molecule has 0 spiro atoms. The molecule has 0 rings (SSSR count). The van der Waals surface area contributed by atoms with Crippen molar-refractivity contribution in [3.05, 3.63) is 0 Å². The Balaban J connectivity index is 3.96. The number of hydrogen-bond acceptors (Lipinski definition) is 2. The summed E-state index contributed by atoms with van der Waals surface area (Å²) in [7, 11) is 3.43. The van der Waals surface area contributed by atoms with Crippen LogP contribution in [0.3, 0.4) is 0 Å². The van der Waals surface area contributed by atoms with E-state index in [1.807, 2.05) is 0 Å². The van der Waals surface area contributed by atoms with Gasteiger partial charge < -0.3 is 9.47 Å². The SMILES string of the molecule is CCCC(CCC)(OC)OC.